The monoisotopic (exact) mass is 261 g/mol. The number of thioether (sulfide) groups is 1. The first-order chi connectivity index (χ1) is 8.00. The van der Waals surface area contributed by atoms with Gasteiger partial charge in [-0.15, -0.1) is 0 Å². The van der Waals surface area contributed by atoms with Crippen molar-refractivity contribution in [3.05, 3.63) is 0 Å². The molecule has 0 spiro atoms. The highest BCUT2D eigenvalue weighted by Gasteiger charge is 2.30. The molecular formula is C13H27NO2S. The van der Waals surface area contributed by atoms with Gasteiger partial charge in [-0.3, -0.25) is 0 Å². The van der Waals surface area contributed by atoms with E-state index in [1.54, 1.807) is 0 Å². The van der Waals surface area contributed by atoms with Crippen molar-refractivity contribution in [2.24, 2.45) is 0 Å². The van der Waals surface area contributed by atoms with Crippen molar-refractivity contribution >= 4 is 11.8 Å². The number of aliphatic hydroxyl groups excluding tert-OH is 1. The third-order valence-corrected chi connectivity index (χ3v) is 5.00. The number of nitrogens with one attached hydrogen (secondary N) is 1. The molecule has 1 fully saturated rings. The molecule has 0 aromatic rings. The first kappa shape index (κ1) is 15.3. The second kappa shape index (κ2) is 6.98. The molecule has 1 rings (SSSR count). The van der Waals surface area contributed by atoms with Crippen LogP contribution in [0.15, 0.2) is 0 Å². The van der Waals surface area contributed by atoms with E-state index in [4.69, 9.17) is 4.74 Å². The average Bonchev–Trinajstić information content (AvgIpc) is 2.64. The van der Waals surface area contributed by atoms with Gasteiger partial charge in [-0.1, -0.05) is 13.8 Å². The SMILES string of the molecule is CCNC(C)(CO)CC(C)SC1CCOC1C. The Morgan fingerprint density at radius 2 is 2.29 bits per heavy atom. The van der Waals surface area contributed by atoms with Gasteiger partial charge in [0.1, 0.15) is 0 Å². The van der Waals surface area contributed by atoms with Crippen LogP contribution in [0.3, 0.4) is 0 Å². The van der Waals surface area contributed by atoms with Gasteiger partial charge in [-0.25, -0.2) is 0 Å². The fourth-order valence-corrected chi connectivity index (χ4v) is 4.08. The molecule has 17 heavy (non-hydrogen) atoms. The summed E-state index contributed by atoms with van der Waals surface area (Å²) in [6, 6.07) is 0. The van der Waals surface area contributed by atoms with Gasteiger partial charge < -0.3 is 15.2 Å². The quantitative estimate of drug-likeness (QED) is 0.736. The van der Waals surface area contributed by atoms with E-state index in [1.165, 1.54) is 0 Å². The molecule has 0 aliphatic carbocycles. The van der Waals surface area contributed by atoms with Gasteiger partial charge in [0.2, 0.25) is 0 Å². The molecule has 0 bridgehead atoms. The van der Waals surface area contributed by atoms with Crippen molar-refractivity contribution in [3.63, 3.8) is 0 Å². The fourth-order valence-electron chi connectivity index (χ4n) is 2.49. The van der Waals surface area contributed by atoms with Gasteiger partial charge >= 0.3 is 0 Å². The van der Waals surface area contributed by atoms with Crippen LogP contribution in [0.5, 0.6) is 0 Å². The highest BCUT2D eigenvalue weighted by atomic mass is 32.2. The number of hydrogen-bond donors (Lipinski definition) is 2. The molecule has 1 aliphatic heterocycles. The molecule has 2 N–H and O–H groups in total. The molecule has 1 aliphatic rings. The zero-order valence-corrected chi connectivity index (χ0v) is 12.3. The van der Waals surface area contributed by atoms with Gasteiger partial charge in [0.25, 0.3) is 0 Å². The number of hydrogen-bond acceptors (Lipinski definition) is 4. The molecule has 0 amide bonds. The Morgan fingerprint density at radius 1 is 1.59 bits per heavy atom. The standard InChI is InChI=1S/C13H27NO2S/c1-5-14-13(4,9-15)8-10(2)17-12-6-7-16-11(12)3/h10-12,14-15H,5-9H2,1-4H3. The fraction of sp³-hybridized carbons (Fsp3) is 1.00. The highest BCUT2D eigenvalue weighted by Crippen LogP contribution is 2.32. The van der Waals surface area contributed by atoms with E-state index in [2.05, 4.69) is 33.0 Å². The van der Waals surface area contributed by atoms with E-state index in [0.717, 1.165) is 26.0 Å². The lowest BCUT2D eigenvalue weighted by Crippen LogP contribution is -2.47. The maximum Gasteiger partial charge on any atom is 0.0666 e. The summed E-state index contributed by atoms with van der Waals surface area (Å²) in [5.41, 5.74) is -0.149. The smallest absolute Gasteiger partial charge is 0.0666 e. The molecule has 1 heterocycles. The number of aliphatic hydroxyl groups is 1. The van der Waals surface area contributed by atoms with Crippen molar-refractivity contribution in [2.75, 3.05) is 19.8 Å². The van der Waals surface area contributed by atoms with Crippen molar-refractivity contribution in [3.8, 4) is 0 Å². The maximum absolute atomic E-state index is 9.48. The van der Waals surface area contributed by atoms with E-state index in [-0.39, 0.29) is 12.1 Å². The van der Waals surface area contributed by atoms with Crippen LogP contribution >= 0.6 is 11.8 Å². The molecular weight excluding hydrogens is 234 g/mol. The van der Waals surface area contributed by atoms with Crippen molar-refractivity contribution in [1.82, 2.24) is 5.32 Å². The molecule has 0 saturated carbocycles. The summed E-state index contributed by atoms with van der Waals surface area (Å²) in [5.74, 6) is 0. The van der Waals surface area contributed by atoms with Gasteiger partial charge in [0, 0.05) is 22.6 Å². The second-order valence-corrected chi connectivity index (χ2v) is 6.99. The minimum Gasteiger partial charge on any atom is -0.394 e. The summed E-state index contributed by atoms with van der Waals surface area (Å²) in [5, 5.41) is 14.0. The Labute approximate surface area is 110 Å². The average molecular weight is 261 g/mol. The predicted molar refractivity (Wildman–Crippen MR) is 74.7 cm³/mol. The van der Waals surface area contributed by atoms with Crippen LogP contribution in [0.2, 0.25) is 0 Å². The predicted octanol–water partition coefficient (Wildman–Crippen LogP) is 2.04. The molecule has 102 valence electrons. The Hall–Kier alpha value is 0.230. The molecule has 4 heteroatoms. The largest absolute Gasteiger partial charge is 0.394 e. The lowest BCUT2D eigenvalue weighted by atomic mass is 9.97. The van der Waals surface area contributed by atoms with E-state index in [9.17, 15) is 5.11 Å². The third-order valence-electron chi connectivity index (χ3n) is 3.40. The second-order valence-electron chi connectivity index (χ2n) is 5.30. The van der Waals surface area contributed by atoms with Gasteiger partial charge in [0.15, 0.2) is 0 Å². The Bertz CT molecular complexity index is 227. The Morgan fingerprint density at radius 3 is 2.76 bits per heavy atom. The van der Waals surface area contributed by atoms with Crippen molar-refractivity contribution in [1.29, 1.82) is 0 Å². The summed E-state index contributed by atoms with van der Waals surface area (Å²) < 4.78 is 5.58. The lowest BCUT2D eigenvalue weighted by molar-refractivity contribution is 0.127. The number of rotatable bonds is 7. The molecule has 0 aromatic heterocycles. The summed E-state index contributed by atoms with van der Waals surface area (Å²) in [4.78, 5) is 0. The molecule has 4 atom stereocenters. The van der Waals surface area contributed by atoms with Crippen LogP contribution in [-0.4, -0.2) is 47.0 Å². The summed E-state index contributed by atoms with van der Waals surface area (Å²) in [6.45, 7) is 10.6. The van der Waals surface area contributed by atoms with Gasteiger partial charge in [-0.2, -0.15) is 11.8 Å². The van der Waals surface area contributed by atoms with Crippen LogP contribution in [0.25, 0.3) is 0 Å². The first-order valence-corrected chi connectivity index (χ1v) is 7.58. The Balaban J connectivity index is 2.39. The Kier molecular flexibility index (Phi) is 6.27. The third kappa shape index (κ3) is 4.78. The summed E-state index contributed by atoms with van der Waals surface area (Å²) in [7, 11) is 0. The first-order valence-electron chi connectivity index (χ1n) is 6.63. The zero-order chi connectivity index (χ0) is 12.9. The topological polar surface area (TPSA) is 41.5 Å². The molecule has 1 saturated heterocycles. The van der Waals surface area contributed by atoms with Crippen molar-refractivity contribution < 1.29 is 9.84 Å². The lowest BCUT2D eigenvalue weighted by Gasteiger charge is -2.32. The number of likely N-dealkylation sites (N-methyl/N-ethyl adjacent to an activating group) is 1. The van der Waals surface area contributed by atoms with E-state index in [1.807, 2.05) is 11.8 Å². The summed E-state index contributed by atoms with van der Waals surface area (Å²) in [6.07, 6.45) is 2.53. The van der Waals surface area contributed by atoms with E-state index in [0.29, 0.717) is 16.6 Å². The van der Waals surface area contributed by atoms with Crippen molar-refractivity contribution in [2.45, 2.75) is 62.7 Å². The van der Waals surface area contributed by atoms with E-state index >= 15 is 0 Å². The van der Waals surface area contributed by atoms with Crippen LogP contribution in [0.4, 0.5) is 0 Å². The van der Waals surface area contributed by atoms with E-state index < -0.39 is 0 Å². The molecule has 0 radical (unpaired) electrons. The molecule has 0 aromatic carbocycles. The number of ether oxygens (including phenoxy) is 1. The van der Waals surface area contributed by atoms with Gasteiger partial charge in [0.05, 0.1) is 12.7 Å². The normalized spacial score (nSPS) is 30.2. The van der Waals surface area contributed by atoms with Gasteiger partial charge in [-0.05, 0) is 33.2 Å². The van der Waals surface area contributed by atoms with Crippen LogP contribution in [-0.2, 0) is 4.74 Å². The minimum atomic E-state index is -0.149. The minimum absolute atomic E-state index is 0.149. The highest BCUT2D eigenvalue weighted by molar-refractivity contribution is 8.00. The van der Waals surface area contributed by atoms with Crippen LogP contribution < -0.4 is 5.32 Å². The zero-order valence-electron chi connectivity index (χ0n) is 11.5. The molecule has 3 nitrogen and oxygen atoms in total. The summed E-state index contributed by atoms with van der Waals surface area (Å²) >= 11 is 2.01. The maximum atomic E-state index is 9.48. The van der Waals surface area contributed by atoms with Crippen LogP contribution in [0.1, 0.15) is 40.5 Å². The van der Waals surface area contributed by atoms with Crippen LogP contribution in [0, 0.1) is 0 Å². The molecule has 4 unspecified atom stereocenters.